The van der Waals surface area contributed by atoms with Gasteiger partial charge in [-0.15, -0.1) is 9.24 Å². The van der Waals surface area contributed by atoms with Crippen molar-refractivity contribution in [1.82, 2.24) is 0 Å². The van der Waals surface area contributed by atoms with Gasteiger partial charge < -0.3 is 10.8 Å². The van der Waals surface area contributed by atoms with Crippen LogP contribution in [0.4, 0.5) is 5.69 Å². The fourth-order valence-corrected chi connectivity index (χ4v) is 5.35. The van der Waals surface area contributed by atoms with Crippen LogP contribution in [0.5, 0.6) is 5.75 Å². The van der Waals surface area contributed by atoms with Gasteiger partial charge in [0.25, 0.3) is 0 Å². The maximum absolute atomic E-state index is 9.77. The van der Waals surface area contributed by atoms with Gasteiger partial charge >= 0.3 is 0 Å². The molecule has 0 bridgehead atoms. The van der Waals surface area contributed by atoms with E-state index in [-0.39, 0.29) is 5.75 Å². The Bertz CT molecular complexity index is 520. The summed E-state index contributed by atoms with van der Waals surface area (Å²) in [5, 5.41) is 10.6. The van der Waals surface area contributed by atoms with Crippen LogP contribution in [0.25, 0.3) is 0 Å². The first-order valence-corrected chi connectivity index (χ1v) is 10.5. The minimum absolute atomic E-state index is 0.214. The molecule has 1 aromatic carbocycles. The standard InChI is InChI=1S/C21H34NOP/c1-14-2-8-17(9-3-14)18-10-6-15(7-11-18)4-5-16-12-19(22)21(23)20(24)13-16/h12-15,17-18,23H,2-11,22,24H2,1H3. The molecule has 0 aliphatic heterocycles. The average Bonchev–Trinajstić information content (AvgIpc) is 2.59. The van der Waals surface area contributed by atoms with E-state index in [1.807, 2.05) is 6.07 Å². The van der Waals surface area contributed by atoms with Crippen molar-refractivity contribution >= 4 is 20.2 Å². The molecule has 2 fully saturated rings. The van der Waals surface area contributed by atoms with Crippen LogP contribution < -0.4 is 11.0 Å². The summed E-state index contributed by atoms with van der Waals surface area (Å²) in [6.45, 7) is 2.42. The Morgan fingerprint density at radius 2 is 1.58 bits per heavy atom. The number of aromatic hydroxyl groups is 1. The van der Waals surface area contributed by atoms with Crippen LogP contribution in [-0.4, -0.2) is 5.11 Å². The maximum atomic E-state index is 9.77. The topological polar surface area (TPSA) is 46.2 Å². The summed E-state index contributed by atoms with van der Waals surface area (Å²) in [5.41, 5.74) is 7.65. The summed E-state index contributed by atoms with van der Waals surface area (Å²) in [5.74, 6) is 4.10. The normalized spacial score (nSPS) is 31.1. The van der Waals surface area contributed by atoms with E-state index in [1.54, 1.807) is 0 Å². The van der Waals surface area contributed by atoms with Gasteiger partial charge in [0.05, 0.1) is 5.69 Å². The van der Waals surface area contributed by atoms with Gasteiger partial charge in [-0.05, 0) is 79.9 Å². The van der Waals surface area contributed by atoms with Gasteiger partial charge in [0.15, 0.2) is 0 Å². The van der Waals surface area contributed by atoms with Crippen molar-refractivity contribution in [2.24, 2.45) is 23.7 Å². The zero-order chi connectivity index (χ0) is 17.1. The predicted molar refractivity (Wildman–Crippen MR) is 107 cm³/mol. The molecule has 2 saturated carbocycles. The molecule has 0 spiro atoms. The summed E-state index contributed by atoms with van der Waals surface area (Å²) in [4.78, 5) is 0. The van der Waals surface area contributed by atoms with Crippen molar-refractivity contribution < 1.29 is 5.11 Å². The Balaban J connectivity index is 1.44. The van der Waals surface area contributed by atoms with E-state index in [2.05, 4.69) is 22.2 Å². The summed E-state index contributed by atoms with van der Waals surface area (Å²) >= 11 is 0. The molecule has 1 aromatic rings. The first-order chi connectivity index (χ1) is 11.5. The van der Waals surface area contributed by atoms with Crippen LogP contribution in [0, 0.1) is 23.7 Å². The zero-order valence-electron chi connectivity index (χ0n) is 15.1. The van der Waals surface area contributed by atoms with Gasteiger partial charge in [0, 0.05) is 5.30 Å². The number of rotatable bonds is 4. The maximum Gasteiger partial charge on any atom is 0.145 e. The van der Waals surface area contributed by atoms with Gasteiger partial charge in [0.1, 0.15) is 5.75 Å². The van der Waals surface area contributed by atoms with Crippen molar-refractivity contribution in [3.05, 3.63) is 17.7 Å². The lowest BCUT2D eigenvalue weighted by Gasteiger charge is -2.37. The van der Waals surface area contributed by atoms with E-state index in [9.17, 15) is 5.11 Å². The molecule has 2 aliphatic rings. The molecule has 1 atom stereocenters. The SMILES string of the molecule is CC1CCC(C2CCC(CCc3cc(N)c(O)c(P)c3)CC2)CC1. The Morgan fingerprint density at radius 3 is 2.17 bits per heavy atom. The van der Waals surface area contributed by atoms with Crippen molar-refractivity contribution in [1.29, 1.82) is 0 Å². The molecular weight excluding hydrogens is 313 g/mol. The Hall–Kier alpha value is -0.750. The van der Waals surface area contributed by atoms with Crippen LogP contribution in [0.15, 0.2) is 12.1 Å². The summed E-state index contributed by atoms with van der Waals surface area (Å²) in [6, 6.07) is 4.00. The van der Waals surface area contributed by atoms with Crippen molar-refractivity contribution in [3.8, 4) is 5.75 Å². The van der Waals surface area contributed by atoms with Crippen LogP contribution in [-0.2, 0) is 6.42 Å². The predicted octanol–water partition coefficient (Wildman–Crippen LogP) is 5.04. The third kappa shape index (κ3) is 4.45. The summed E-state index contributed by atoms with van der Waals surface area (Å²) in [7, 11) is 2.58. The zero-order valence-corrected chi connectivity index (χ0v) is 16.3. The fraction of sp³-hybridized carbons (Fsp3) is 0.714. The van der Waals surface area contributed by atoms with Gasteiger partial charge in [-0.2, -0.15) is 0 Å². The molecule has 0 amide bonds. The molecule has 3 N–H and O–H groups in total. The molecule has 2 aliphatic carbocycles. The van der Waals surface area contributed by atoms with E-state index in [4.69, 9.17) is 5.73 Å². The number of benzene rings is 1. The van der Waals surface area contributed by atoms with Crippen LogP contribution in [0.1, 0.15) is 70.3 Å². The Labute approximate surface area is 149 Å². The molecule has 1 unspecified atom stereocenters. The second kappa shape index (κ2) is 8.09. The average molecular weight is 347 g/mol. The lowest BCUT2D eigenvalue weighted by Crippen LogP contribution is -2.25. The van der Waals surface area contributed by atoms with E-state index in [1.165, 1.54) is 63.4 Å². The molecule has 0 heterocycles. The van der Waals surface area contributed by atoms with Crippen LogP contribution >= 0.6 is 9.24 Å². The minimum atomic E-state index is 0.214. The number of aryl methyl sites for hydroxylation is 1. The molecule has 3 rings (SSSR count). The third-order valence-corrected chi connectivity index (χ3v) is 7.13. The molecular formula is C21H34NOP. The van der Waals surface area contributed by atoms with E-state index in [0.717, 1.165) is 35.4 Å². The largest absolute Gasteiger partial charge is 0.505 e. The minimum Gasteiger partial charge on any atom is -0.505 e. The summed E-state index contributed by atoms with van der Waals surface area (Å²) < 4.78 is 0. The number of hydrogen-bond acceptors (Lipinski definition) is 2. The quantitative estimate of drug-likeness (QED) is 0.455. The first kappa shape index (κ1) is 18.1. The monoisotopic (exact) mass is 347 g/mol. The molecule has 0 radical (unpaired) electrons. The van der Waals surface area contributed by atoms with Crippen LogP contribution in [0.3, 0.4) is 0 Å². The number of phenols is 1. The molecule has 0 aromatic heterocycles. The smallest absolute Gasteiger partial charge is 0.145 e. The number of anilines is 1. The highest BCUT2D eigenvalue weighted by atomic mass is 31.0. The second-order valence-corrected chi connectivity index (χ2v) is 9.08. The highest BCUT2D eigenvalue weighted by Crippen LogP contribution is 2.42. The van der Waals surface area contributed by atoms with Gasteiger partial charge in [-0.1, -0.05) is 32.6 Å². The Morgan fingerprint density at radius 1 is 1.00 bits per heavy atom. The van der Waals surface area contributed by atoms with E-state index in [0.29, 0.717) is 5.69 Å². The van der Waals surface area contributed by atoms with E-state index >= 15 is 0 Å². The van der Waals surface area contributed by atoms with E-state index < -0.39 is 0 Å². The van der Waals surface area contributed by atoms with Crippen LogP contribution in [0.2, 0.25) is 0 Å². The highest BCUT2D eigenvalue weighted by Gasteiger charge is 2.29. The van der Waals surface area contributed by atoms with Crippen molar-refractivity contribution in [3.63, 3.8) is 0 Å². The van der Waals surface area contributed by atoms with Gasteiger partial charge in [0.2, 0.25) is 0 Å². The second-order valence-electron chi connectivity index (χ2n) is 8.46. The molecule has 0 saturated heterocycles. The lowest BCUT2D eigenvalue weighted by atomic mass is 9.69. The number of hydrogen-bond donors (Lipinski definition) is 2. The van der Waals surface area contributed by atoms with Gasteiger partial charge in [-0.25, -0.2) is 0 Å². The fourth-order valence-electron chi connectivity index (χ4n) is 4.97. The molecule has 24 heavy (non-hydrogen) atoms. The van der Waals surface area contributed by atoms with Crippen molar-refractivity contribution in [2.45, 2.75) is 71.1 Å². The number of nitrogen functional groups attached to an aromatic ring is 1. The molecule has 134 valence electrons. The Kier molecular flexibility index (Phi) is 6.08. The number of phenolic OH excluding ortho intramolecular Hbond substituents is 1. The molecule has 2 nitrogen and oxygen atoms in total. The van der Waals surface area contributed by atoms with Gasteiger partial charge in [-0.3, -0.25) is 0 Å². The highest BCUT2D eigenvalue weighted by molar-refractivity contribution is 7.27. The third-order valence-electron chi connectivity index (χ3n) is 6.69. The molecule has 3 heteroatoms. The lowest BCUT2D eigenvalue weighted by molar-refractivity contribution is 0.148. The number of nitrogens with two attached hydrogens (primary N) is 1. The first-order valence-electron chi connectivity index (χ1n) is 9.89. The summed E-state index contributed by atoms with van der Waals surface area (Å²) in [6.07, 6.45) is 14.0. The van der Waals surface area contributed by atoms with Crippen molar-refractivity contribution in [2.75, 3.05) is 5.73 Å².